The molecule has 2 aromatic rings. The van der Waals surface area contributed by atoms with Crippen LogP contribution in [0.1, 0.15) is 13.3 Å². The summed E-state index contributed by atoms with van der Waals surface area (Å²) >= 11 is 5.18. The van der Waals surface area contributed by atoms with Crippen molar-refractivity contribution in [2.75, 3.05) is 0 Å². The first-order valence-electron chi connectivity index (χ1n) is 5.03. The van der Waals surface area contributed by atoms with Crippen molar-refractivity contribution >= 4 is 12.2 Å². The largest absolute Gasteiger partial charge is 0.300 e. The third-order valence-electron chi connectivity index (χ3n) is 2.24. The van der Waals surface area contributed by atoms with Crippen LogP contribution in [0.15, 0.2) is 30.3 Å². The number of nitrogens with one attached hydrogen (secondary N) is 1. The number of benzene rings is 1. The van der Waals surface area contributed by atoms with Crippen LogP contribution in [-0.4, -0.2) is 14.8 Å². The number of nitrogens with zero attached hydrogens (tertiary/aromatic N) is 2. The van der Waals surface area contributed by atoms with Crippen LogP contribution in [0.4, 0.5) is 0 Å². The number of hydrogen-bond acceptors (Lipinski definition) is 2. The summed E-state index contributed by atoms with van der Waals surface area (Å²) in [6.45, 7) is 3.03. The Morgan fingerprint density at radius 2 is 2.07 bits per heavy atom. The summed E-state index contributed by atoms with van der Waals surface area (Å²) in [6.07, 6.45) is 1.05. The molecule has 0 saturated heterocycles. The summed E-state index contributed by atoms with van der Waals surface area (Å²) < 4.78 is 2.72. The van der Waals surface area contributed by atoms with Gasteiger partial charge in [0.1, 0.15) is 0 Å². The lowest BCUT2D eigenvalue weighted by atomic mass is 10.2. The van der Waals surface area contributed by atoms with Crippen LogP contribution in [0.25, 0.3) is 11.4 Å². The van der Waals surface area contributed by atoms with E-state index in [0.717, 1.165) is 24.4 Å². The molecule has 0 atom stereocenters. The molecule has 3 nitrogen and oxygen atoms in total. The summed E-state index contributed by atoms with van der Waals surface area (Å²) in [5, 5.41) is 7.09. The number of rotatable bonds is 3. The van der Waals surface area contributed by atoms with Crippen molar-refractivity contribution in [1.29, 1.82) is 0 Å². The van der Waals surface area contributed by atoms with Crippen molar-refractivity contribution in [1.82, 2.24) is 14.8 Å². The summed E-state index contributed by atoms with van der Waals surface area (Å²) in [5.74, 6) is 0.919. The first kappa shape index (κ1) is 10.1. The van der Waals surface area contributed by atoms with Crippen molar-refractivity contribution in [3.63, 3.8) is 0 Å². The molecule has 0 radical (unpaired) electrons. The molecule has 15 heavy (non-hydrogen) atoms. The smallest absolute Gasteiger partial charge is 0.195 e. The van der Waals surface area contributed by atoms with E-state index in [1.54, 1.807) is 0 Å². The Hall–Kier alpha value is -1.42. The zero-order valence-corrected chi connectivity index (χ0v) is 9.42. The quantitative estimate of drug-likeness (QED) is 0.805. The highest BCUT2D eigenvalue weighted by molar-refractivity contribution is 7.71. The van der Waals surface area contributed by atoms with E-state index < -0.39 is 0 Å². The van der Waals surface area contributed by atoms with E-state index in [9.17, 15) is 0 Å². The Morgan fingerprint density at radius 1 is 1.33 bits per heavy atom. The Balaban J connectivity index is 2.49. The molecule has 2 rings (SSSR count). The molecule has 0 aliphatic rings. The van der Waals surface area contributed by atoms with Crippen molar-refractivity contribution in [3.8, 4) is 11.4 Å². The van der Waals surface area contributed by atoms with E-state index >= 15 is 0 Å². The van der Waals surface area contributed by atoms with Crippen molar-refractivity contribution in [2.45, 2.75) is 19.9 Å². The Bertz CT molecular complexity index is 484. The number of H-pyrrole nitrogens is 1. The molecule has 0 bridgehead atoms. The fraction of sp³-hybridized carbons (Fsp3) is 0.273. The summed E-state index contributed by atoms with van der Waals surface area (Å²) in [5.41, 5.74) is 1.10. The molecule has 0 aliphatic heterocycles. The van der Waals surface area contributed by atoms with Gasteiger partial charge in [0.15, 0.2) is 10.6 Å². The maximum atomic E-state index is 5.18. The Labute approximate surface area is 93.8 Å². The van der Waals surface area contributed by atoms with Gasteiger partial charge in [-0.15, -0.1) is 0 Å². The van der Waals surface area contributed by atoms with Gasteiger partial charge in [0.05, 0.1) is 0 Å². The van der Waals surface area contributed by atoms with Crippen LogP contribution < -0.4 is 0 Å². The highest BCUT2D eigenvalue weighted by Crippen LogP contribution is 2.16. The summed E-state index contributed by atoms with van der Waals surface area (Å²) in [7, 11) is 0. The third-order valence-corrected chi connectivity index (χ3v) is 2.55. The zero-order chi connectivity index (χ0) is 10.7. The molecule has 0 amide bonds. The molecule has 1 aromatic carbocycles. The van der Waals surface area contributed by atoms with Gasteiger partial charge in [0, 0.05) is 12.1 Å². The van der Waals surface area contributed by atoms with Gasteiger partial charge in [-0.3, -0.25) is 5.10 Å². The normalized spacial score (nSPS) is 10.5. The first-order valence-corrected chi connectivity index (χ1v) is 5.44. The van der Waals surface area contributed by atoms with Crippen molar-refractivity contribution in [2.24, 2.45) is 0 Å². The van der Waals surface area contributed by atoms with Crippen molar-refractivity contribution in [3.05, 3.63) is 35.1 Å². The topological polar surface area (TPSA) is 33.6 Å². The number of aromatic amines is 1. The molecule has 1 aromatic heterocycles. The van der Waals surface area contributed by atoms with E-state index in [-0.39, 0.29) is 0 Å². The molecule has 0 saturated carbocycles. The Kier molecular flexibility index (Phi) is 2.97. The minimum atomic E-state index is 0.690. The number of hydrogen-bond donors (Lipinski definition) is 1. The second kappa shape index (κ2) is 4.40. The predicted octanol–water partition coefficient (Wildman–Crippen LogP) is 3.02. The molecule has 78 valence electrons. The van der Waals surface area contributed by atoms with Crippen LogP contribution in [0.3, 0.4) is 0 Å². The standard InChI is InChI=1S/C11H13N3S/c1-2-8-14-10(12-13-11(14)15)9-6-4-3-5-7-9/h3-7H,2,8H2,1H3,(H,13,15). The monoisotopic (exact) mass is 219 g/mol. The average Bonchev–Trinajstić information content (AvgIpc) is 2.63. The van der Waals surface area contributed by atoms with E-state index in [4.69, 9.17) is 12.2 Å². The minimum Gasteiger partial charge on any atom is -0.300 e. The molecule has 0 fully saturated rings. The van der Waals surface area contributed by atoms with E-state index in [0.29, 0.717) is 4.77 Å². The maximum absolute atomic E-state index is 5.18. The first-order chi connectivity index (χ1) is 7.33. The van der Waals surface area contributed by atoms with Gasteiger partial charge in [0.2, 0.25) is 0 Å². The molecule has 0 unspecified atom stereocenters. The lowest BCUT2D eigenvalue weighted by molar-refractivity contribution is 0.675. The molecule has 1 N–H and O–H groups in total. The van der Waals surface area contributed by atoms with Gasteiger partial charge in [-0.25, -0.2) is 0 Å². The van der Waals surface area contributed by atoms with Crippen LogP contribution in [0.5, 0.6) is 0 Å². The second-order valence-electron chi connectivity index (χ2n) is 3.37. The van der Waals surface area contributed by atoms with Gasteiger partial charge in [-0.05, 0) is 18.6 Å². The molecular weight excluding hydrogens is 206 g/mol. The van der Waals surface area contributed by atoms with E-state index in [2.05, 4.69) is 17.1 Å². The van der Waals surface area contributed by atoms with Gasteiger partial charge >= 0.3 is 0 Å². The lowest BCUT2D eigenvalue weighted by Crippen LogP contribution is -1.99. The average molecular weight is 219 g/mol. The highest BCUT2D eigenvalue weighted by atomic mass is 32.1. The van der Waals surface area contributed by atoms with Gasteiger partial charge < -0.3 is 4.57 Å². The van der Waals surface area contributed by atoms with E-state index in [1.165, 1.54) is 0 Å². The van der Waals surface area contributed by atoms with Crippen LogP contribution in [0.2, 0.25) is 0 Å². The fourth-order valence-electron chi connectivity index (χ4n) is 1.56. The van der Waals surface area contributed by atoms with Gasteiger partial charge in [-0.2, -0.15) is 5.10 Å². The lowest BCUT2D eigenvalue weighted by Gasteiger charge is -2.04. The van der Waals surface area contributed by atoms with Crippen LogP contribution in [0, 0.1) is 4.77 Å². The predicted molar refractivity (Wildman–Crippen MR) is 63.1 cm³/mol. The molecule has 0 spiro atoms. The number of aromatic nitrogens is 3. The maximum Gasteiger partial charge on any atom is 0.195 e. The van der Waals surface area contributed by atoms with Crippen LogP contribution >= 0.6 is 12.2 Å². The second-order valence-corrected chi connectivity index (χ2v) is 3.76. The molecular formula is C11H13N3S. The van der Waals surface area contributed by atoms with E-state index in [1.807, 2.05) is 34.9 Å². The zero-order valence-electron chi connectivity index (χ0n) is 8.60. The highest BCUT2D eigenvalue weighted by Gasteiger charge is 2.06. The minimum absolute atomic E-state index is 0.690. The van der Waals surface area contributed by atoms with Crippen LogP contribution in [-0.2, 0) is 6.54 Å². The molecule has 0 aliphatic carbocycles. The SMILES string of the molecule is CCCn1c(-c2ccccc2)n[nH]c1=S. The molecule has 1 heterocycles. The fourth-order valence-corrected chi connectivity index (χ4v) is 1.78. The third kappa shape index (κ3) is 1.99. The summed E-state index contributed by atoms with van der Waals surface area (Å²) in [6, 6.07) is 10.1. The summed E-state index contributed by atoms with van der Waals surface area (Å²) in [4.78, 5) is 0. The van der Waals surface area contributed by atoms with Crippen molar-refractivity contribution < 1.29 is 0 Å². The van der Waals surface area contributed by atoms with Gasteiger partial charge in [0.25, 0.3) is 0 Å². The van der Waals surface area contributed by atoms with Gasteiger partial charge in [-0.1, -0.05) is 37.3 Å². The molecule has 4 heteroatoms. The Morgan fingerprint density at radius 3 is 2.73 bits per heavy atom.